The Labute approximate surface area is 88.3 Å². The third-order valence-corrected chi connectivity index (χ3v) is 2.64. The Morgan fingerprint density at radius 1 is 1.47 bits per heavy atom. The Balaban J connectivity index is 2.16. The maximum Gasteiger partial charge on any atom is 0.222 e. The van der Waals surface area contributed by atoms with Crippen molar-refractivity contribution in [1.82, 2.24) is 4.90 Å². The molecule has 4 nitrogen and oxygen atoms in total. The van der Waals surface area contributed by atoms with Crippen LogP contribution in [0, 0.1) is 0 Å². The number of nitrogens with two attached hydrogens (primary N) is 1. The topological polar surface area (TPSA) is 66.6 Å². The van der Waals surface area contributed by atoms with E-state index in [1.165, 1.54) is 0 Å². The van der Waals surface area contributed by atoms with Gasteiger partial charge in [-0.15, -0.1) is 0 Å². The van der Waals surface area contributed by atoms with Crippen molar-refractivity contribution in [2.45, 2.75) is 19.4 Å². The van der Waals surface area contributed by atoms with Crippen LogP contribution in [0.1, 0.15) is 18.4 Å². The normalized spacial score (nSPS) is 16.0. The second-order valence-electron chi connectivity index (χ2n) is 3.81. The third kappa shape index (κ3) is 2.03. The van der Waals surface area contributed by atoms with Crippen LogP contribution in [-0.2, 0) is 11.3 Å². The SMILES string of the molecule is Nc1ccc(O)c(CN2CCCC2=O)c1. The number of hydrogen-bond acceptors (Lipinski definition) is 3. The van der Waals surface area contributed by atoms with E-state index < -0.39 is 0 Å². The molecule has 0 aliphatic carbocycles. The van der Waals surface area contributed by atoms with Gasteiger partial charge < -0.3 is 15.7 Å². The van der Waals surface area contributed by atoms with Gasteiger partial charge in [0.05, 0.1) is 0 Å². The van der Waals surface area contributed by atoms with E-state index in [1.54, 1.807) is 23.1 Å². The molecule has 80 valence electrons. The van der Waals surface area contributed by atoms with Gasteiger partial charge in [-0.25, -0.2) is 0 Å². The molecule has 3 N–H and O–H groups in total. The van der Waals surface area contributed by atoms with Crippen LogP contribution in [0.15, 0.2) is 18.2 Å². The van der Waals surface area contributed by atoms with Gasteiger partial charge >= 0.3 is 0 Å². The van der Waals surface area contributed by atoms with Crippen molar-refractivity contribution < 1.29 is 9.90 Å². The lowest BCUT2D eigenvalue weighted by atomic mass is 10.1. The number of phenolic OH excluding ortho intramolecular Hbond substituents is 1. The number of carbonyl (C=O) groups is 1. The van der Waals surface area contributed by atoms with Gasteiger partial charge in [-0.2, -0.15) is 0 Å². The van der Waals surface area contributed by atoms with Crippen LogP contribution in [0.5, 0.6) is 5.75 Å². The monoisotopic (exact) mass is 206 g/mol. The van der Waals surface area contributed by atoms with Crippen LogP contribution >= 0.6 is 0 Å². The average molecular weight is 206 g/mol. The smallest absolute Gasteiger partial charge is 0.222 e. The molecule has 1 fully saturated rings. The summed E-state index contributed by atoms with van der Waals surface area (Å²) in [7, 11) is 0. The molecule has 0 radical (unpaired) electrons. The highest BCUT2D eigenvalue weighted by Gasteiger charge is 2.20. The van der Waals surface area contributed by atoms with Gasteiger partial charge in [-0.05, 0) is 24.6 Å². The Bertz CT molecular complexity index is 390. The summed E-state index contributed by atoms with van der Waals surface area (Å²) >= 11 is 0. The van der Waals surface area contributed by atoms with Gasteiger partial charge in [0.2, 0.25) is 5.91 Å². The van der Waals surface area contributed by atoms with E-state index in [-0.39, 0.29) is 11.7 Å². The molecular formula is C11H14N2O2. The van der Waals surface area contributed by atoms with Crippen LogP contribution in [0.25, 0.3) is 0 Å². The fourth-order valence-electron chi connectivity index (χ4n) is 1.81. The molecule has 0 unspecified atom stereocenters. The predicted octanol–water partition coefficient (Wildman–Crippen LogP) is 1.10. The maximum absolute atomic E-state index is 11.4. The van der Waals surface area contributed by atoms with Crippen LogP contribution in [0.3, 0.4) is 0 Å². The number of nitrogen functional groups attached to an aromatic ring is 1. The van der Waals surface area contributed by atoms with Gasteiger partial charge in [0, 0.05) is 30.8 Å². The number of nitrogens with zero attached hydrogens (tertiary/aromatic N) is 1. The van der Waals surface area contributed by atoms with E-state index in [2.05, 4.69) is 0 Å². The molecule has 0 saturated carbocycles. The van der Waals surface area contributed by atoms with Gasteiger partial charge in [0.25, 0.3) is 0 Å². The first-order valence-electron chi connectivity index (χ1n) is 5.02. The minimum atomic E-state index is 0.150. The van der Waals surface area contributed by atoms with Crippen LogP contribution < -0.4 is 5.73 Å². The Kier molecular flexibility index (Phi) is 2.49. The first-order valence-corrected chi connectivity index (χ1v) is 5.02. The van der Waals surface area contributed by atoms with Gasteiger partial charge in [0.15, 0.2) is 0 Å². The summed E-state index contributed by atoms with van der Waals surface area (Å²) in [6, 6.07) is 4.91. The average Bonchev–Trinajstić information content (AvgIpc) is 2.58. The van der Waals surface area contributed by atoms with Gasteiger partial charge in [0.1, 0.15) is 5.75 Å². The standard InChI is InChI=1S/C11H14N2O2/c12-9-3-4-10(14)8(6-9)7-13-5-1-2-11(13)15/h3-4,6,14H,1-2,5,7,12H2. The number of benzene rings is 1. The van der Waals surface area contributed by atoms with Crippen molar-refractivity contribution in [3.05, 3.63) is 23.8 Å². The number of carbonyl (C=O) groups excluding carboxylic acids is 1. The molecule has 1 aliphatic rings. The first-order chi connectivity index (χ1) is 7.16. The number of rotatable bonds is 2. The van der Waals surface area contributed by atoms with Crippen molar-refractivity contribution >= 4 is 11.6 Å². The van der Waals surface area contributed by atoms with Crippen LogP contribution in [0.2, 0.25) is 0 Å². The number of anilines is 1. The van der Waals surface area contributed by atoms with Crippen molar-refractivity contribution in [3.8, 4) is 5.75 Å². The zero-order chi connectivity index (χ0) is 10.8. The highest BCUT2D eigenvalue weighted by Crippen LogP contribution is 2.23. The lowest BCUT2D eigenvalue weighted by Gasteiger charge is -2.16. The summed E-state index contributed by atoms with van der Waals surface area (Å²) in [5.41, 5.74) is 6.94. The second-order valence-corrected chi connectivity index (χ2v) is 3.81. The van der Waals surface area contributed by atoms with E-state index in [0.717, 1.165) is 13.0 Å². The number of amides is 1. The number of aromatic hydroxyl groups is 1. The molecule has 1 aromatic carbocycles. The number of likely N-dealkylation sites (tertiary alicyclic amines) is 1. The molecule has 4 heteroatoms. The number of phenols is 1. The molecule has 1 aliphatic heterocycles. The summed E-state index contributed by atoms with van der Waals surface area (Å²) in [4.78, 5) is 13.1. The van der Waals surface area contributed by atoms with E-state index in [0.29, 0.717) is 24.2 Å². The largest absolute Gasteiger partial charge is 0.508 e. The fourth-order valence-corrected chi connectivity index (χ4v) is 1.81. The zero-order valence-electron chi connectivity index (χ0n) is 8.44. The van der Waals surface area contributed by atoms with Gasteiger partial charge in [-0.1, -0.05) is 0 Å². The molecule has 1 saturated heterocycles. The summed E-state index contributed by atoms with van der Waals surface area (Å²) < 4.78 is 0. The molecule has 0 atom stereocenters. The summed E-state index contributed by atoms with van der Waals surface area (Å²) in [6.45, 7) is 1.22. The first kappa shape index (κ1) is 9.83. The van der Waals surface area contributed by atoms with Gasteiger partial charge in [-0.3, -0.25) is 4.79 Å². The van der Waals surface area contributed by atoms with Crippen molar-refractivity contribution in [2.75, 3.05) is 12.3 Å². The highest BCUT2D eigenvalue weighted by atomic mass is 16.3. The molecule has 15 heavy (non-hydrogen) atoms. The summed E-state index contributed by atoms with van der Waals surface area (Å²) in [6.07, 6.45) is 1.52. The molecule has 1 aromatic rings. The van der Waals surface area contributed by atoms with E-state index in [1.807, 2.05) is 0 Å². The highest BCUT2D eigenvalue weighted by molar-refractivity contribution is 5.78. The zero-order valence-corrected chi connectivity index (χ0v) is 8.44. The molecule has 1 amide bonds. The molecule has 0 aromatic heterocycles. The Morgan fingerprint density at radius 3 is 2.93 bits per heavy atom. The molecule has 2 rings (SSSR count). The summed E-state index contributed by atoms with van der Waals surface area (Å²) in [5, 5.41) is 9.59. The van der Waals surface area contributed by atoms with E-state index >= 15 is 0 Å². The minimum absolute atomic E-state index is 0.150. The van der Waals surface area contributed by atoms with Crippen molar-refractivity contribution in [2.24, 2.45) is 0 Å². The predicted molar refractivity (Wildman–Crippen MR) is 57.2 cm³/mol. The maximum atomic E-state index is 11.4. The third-order valence-electron chi connectivity index (χ3n) is 2.64. The van der Waals surface area contributed by atoms with E-state index in [9.17, 15) is 9.90 Å². The lowest BCUT2D eigenvalue weighted by Crippen LogP contribution is -2.23. The van der Waals surface area contributed by atoms with Crippen molar-refractivity contribution in [1.29, 1.82) is 0 Å². The van der Waals surface area contributed by atoms with Crippen LogP contribution in [-0.4, -0.2) is 22.5 Å². The lowest BCUT2D eigenvalue weighted by molar-refractivity contribution is -0.128. The van der Waals surface area contributed by atoms with Crippen LogP contribution in [0.4, 0.5) is 5.69 Å². The molecule has 0 spiro atoms. The Morgan fingerprint density at radius 2 is 2.27 bits per heavy atom. The fraction of sp³-hybridized carbons (Fsp3) is 0.364. The Hall–Kier alpha value is -1.71. The van der Waals surface area contributed by atoms with Crippen molar-refractivity contribution in [3.63, 3.8) is 0 Å². The summed E-state index contributed by atoms with van der Waals surface area (Å²) in [5.74, 6) is 0.348. The number of hydrogen-bond donors (Lipinski definition) is 2. The minimum Gasteiger partial charge on any atom is -0.508 e. The quantitative estimate of drug-likeness (QED) is 0.562. The molecule has 1 heterocycles. The molecular weight excluding hydrogens is 192 g/mol. The second kappa shape index (κ2) is 3.81. The van der Waals surface area contributed by atoms with E-state index in [4.69, 9.17) is 5.73 Å². The molecule has 0 bridgehead atoms.